The molecule has 2 aromatic rings. The number of nitrogens with one attached hydrogen (secondary N) is 3. The van der Waals surface area contributed by atoms with Gasteiger partial charge in [-0.15, -0.1) is 0 Å². The maximum Gasteiger partial charge on any atom is 0.246 e. The summed E-state index contributed by atoms with van der Waals surface area (Å²) in [5.41, 5.74) is 4.28. The van der Waals surface area contributed by atoms with Gasteiger partial charge in [-0.3, -0.25) is 14.8 Å². The predicted octanol–water partition coefficient (Wildman–Crippen LogP) is 0.520. The van der Waals surface area contributed by atoms with Crippen LogP contribution in [0, 0.1) is 31.1 Å². The van der Waals surface area contributed by atoms with Crippen LogP contribution in [0.5, 0.6) is 0 Å². The molecule has 0 radical (unpaired) electrons. The molecule has 0 aliphatic carbocycles. The van der Waals surface area contributed by atoms with Crippen LogP contribution >= 0.6 is 0 Å². The lowest BCUT2D eigenvalue weighted by atomic mass is 10.1. The number of H-pyrrole nitrogens is 1. The largest absolute Gasteiger partial charge is 0.315 e. The normalized spacial score (nSPS) is 13.8. The molecule has 0 saturated heterocycles. The lowest BCUT2D eigenvalue weighted by Gasteiger charge is -2.25. The predicted molar refractivity (Wildman–Crippen MR) is 83.5 cm³/mol. The molecule has 0 aliphatic heterocycles. The van der Waals surface area contributed by atoms with Crippen LogP contribution in [0.1, 0.15) is 11.3 Å². The number of pyridine rings is 1. The van der Waals surface area contributed by atoms with Gasteiger partial charge >= 0.3 is 0 Å². The van der Waals surface area contributed by atoms with Crippen molar-refractivity contribution in [1.29, 1.82) is 5.26 Å². The summed E-state index contributed by atoms with van der Waals surface area (Å²) < 4.78 is 0. The zero-order chi connectivity index (χ0) is 17.1. The van der Waals surface area contributed by atoms with Crippen molar-refractivity contribution >= 4 is 22.8 Å². The van der Waals surface area contributed by atoms with Gasteiger partial charge < -0.3 is 10.5 Å². The van der Waals surface area contributed by atoms with Crippen LogP contribution in [0.4, 0.5) is 5.82 Å². The van der Waals surface area contributed by atoms with Gasteiger partial charge in [0.05, 0.1) is 11.5 Å². The fourth-order valence-corrected chi connectivity index (χ4v) is 2.43. The summed E-state index contributed by atoms with van der Waals surface area (Å²) in [6, 6.07) is 3.77. The number of carbonyl (C=O) groups excluding carboxylic acids is 1. The monoisotopic (exact) mass is 317 g/mol. The number of aromatic amines is 1. The number of hydroxylamine groups is 1. The fourth-order valence-electron chi connectivity index (χ4n) is 2.43. The molecule has 0 fully saturated rings. The van der Waals surface area contributed by atoms with Gasteiger partial charge in [-0.25, -0.2) is 4.98 Å². The highest BCUT2D eigenvalue weighted by atomic mass is 16.5. The first kappa shape index (κ1) is 16.8. The number of fused-ring (bicyclic) bond motifs is 1. The van der Waals surface area contributed by atoms with Crippen LogP contribution < -0.4 is 10.8 Å². The minimum Gasteiger partial charge on any atom is -0.315 e. The van der Waals surface area contributed by atoms with Crippen molar-refractivity contribution in [3.8, 4) is 6.07 Å². The number of aryl methyl sites for hydroxylation is 2. The number of amides is 1. The van der Waals surface area contributed by atoms with E-state index in [1.165, 1.54) is 4.90 Å². The number of nitrogens with zero attached hydrogens (tertiary/aromatic N) is 4. The third kappa shape index (κ3) is 3.29. The molecule has 2 unspecified atom stereocenters. The van der Waals surface area contributed by atoms with Gasteiger partial charge in [-0.05, 0) is 39.6 Å². The van der Waals surface area contributed by atoms with Crippen LogP contribution in [0.15, 0.2) is 6.07 Å². The molecule has 2 aromatic heterocycles. The van der Waals surface area contributed by atoms with Gasteiger partial charge in [0.1, 0.15) is 6.17 Å². The number of anilines is 1. The second kappa shape index (κ2) is 6.70. The standard InChI is InChI=1S/C14H19N7O2/c1-7-5-8(2)16-11-10(7)12(19-18-11)17-14(22)9(6-15)13(20-23)21(3)4/h5,9,13,20,23H,1-4H3,(H2,16,17,18,19,22). The summed E-state index contributed by atoms with van der Waals surface area (Å²) in [5.74, 6) is -1.38. The van der Waals surface area contributed by atoms with Crippen molar-refractivity contribution in [3.05, 3.63) is 17.3 Å². The van der Waals surface area contributed by atoms with Gasteiger partial charge in [-0.2, -0.15) is 15.8 Å². The highest BCUT2D eigenvalue weighted by Gasteiger charge is 2.30. The third-order valence-electron chi connectivity index (χ3n) is 3.52. The van der Waals surface area contributed by atoms with E-state index in [0.29, 0.717) is 16.9 Å². The second-order valence-corrected chi connectivity index (χ2v) is 5.51. The van der Waals surface area contributed by atoms with Crippen molar-refractivity contribution in [3.63, 3.8) is 0 Å². The molecule has 0 spiro atoms. The zero-order valence-corrected chi connectivity index (χ0v) is 13.4. The Morgan fingerprint density at radius 2 is 2.17 bits per heavy atom. The fraction of sp³-hybridized carbons (Fsp3) is 0.429. The summed E-state index contributed by atoms with van der Waals surface area (Å²) in [4.78, 5) is 18.2. The van der Waals surface area contributed by atoms with E-state index in [1.807, 2.05) is 31.5 Å². The van der Waals surface area contributed by atoms with Gasteiger partial charge in [0.25, 0.3) is 0 Å². The Hall–Kier alpha value is -2.54. The summed E-state index contributed by atoms with van der Waals surface area (Å²) in [5, 5.41) is 28.6. The molecule has 23 heavy (non-hydrogen) atoms. The number of nitriles is 1. The molecule has 0 bridgehead atoms. The van der Waals surface area contributed by atoms with Crippen molar-refractivity contribution in [2.24, 2.45) is 5.92 Å². The van der Waals surface area contributed by atoms with E-state index >= 15 is 0 Å². The molecule has 0 aromatic carbocycles. The molecule has 0 aliphatic rings. The van der Waals surface area contributed by atoms with Gasteiger partial charge in [-0.1, -0.05) is 0 Å². The Labute approximate surface area is 133 Å². The average molecular weight is 317 g/mol. The SMILES string of the molecule is Cc1cc(C)c2c(NC(=O)C(C#N)C(NO)N(C)C)n[nH]c2n1. The molecular weight excluding hydrogens is 298 g/mol. The Kier molecular flexibility index (Phi) is 4.90. The van der Waals surface area contributed by atoms with Crippen LogP contribution in [0.2, 0.25) is 0 Å². The molecule has 2 rings (SSSR count). The van der Waals surface area contributed by atoms with Gasteiger partial charge in [0, 0.05) is 5.69 Å². The summed E-state index contributed by atoms with van der Waals surface area (Å²) >= 11 is 0. The number of hydrogen-bond donors (Lipinski definition) is 4. The Morgan fingerprint density at radius 1 is 1.48 bits per heavy atom. The first-order chi connectivity index (χ1) is 10.9. The summed E-state index contributed by atoms with van der Waals surface area (Å²) in [6.45, 7) is 3.76. The van der Waals surface area contributed by atoms with E-state index < -0.39 is 18.0 Å². The van der Waals surface area contributed by atoms with E-state index in [-0.39, 0.29) is 0 Å². The smallest absolute Gasteiger partial charge is 0.246 e. The third-order valence-corrected chi connectivity index (χ3v) is 3.52. The molecule has 9 heteroatoms. The molecule has 2 atom stereocenters. The molecule has 2 heterocycles. The van der Waals surface area contributed by atoms with Crippen molar-refractivity contribution in [2.45, 2.75) is 20.0 Å². The first-order valence-corrected chi connectivity index (χ1v) is 6.98. The Balaban J connectivity index is 2.31. The highest BCUT2D eigenvalue weighted by Crippen LogP contribution is 2.24. The van der Waals surface area contributed by atoms with Crippen molar-refractivity contribution in [2.75, 3.05) is 19.4 Å². The number of carbonyl (C=O) groups is 1. The molecule has 9 nitrogen and oxygen atoms in total. The number of hydrogen-bond acceptors (Lipinski definition) is 7. The van der Waals surface area contributed by atoms with E-state index in [9.17, 15) is 10.1 Å². The Morgan fingerprint density at radius 3 is 2.74 bits per heavy atom. The molecular formula is C14H19N7O2. The number of aromatic nitrogens is 3. The highest BCUT2D eigenvalue weighted by molar-refractivity contribution is 6.01. The molecule has 0 saturated carbocycles. The Bertz CT molecular complexity index is 762. The minimum absolute atomic E-state index is 0.311. The maximum absolute atomic E-state index is 12.4. The van der Waals surface area contributed by atoms with E-state index in [2.05, 4.69) is 20.5 Å². The van der Waals surface area contributed by atoms with Crippen LogP contribution in [0.3, 0.4) is 0 Å². The number of rotatable bonds is 5. The van der Waals surface area contributed by atoms with Gasteiger partial charge in [0.15, 0.2) is 17.4 Å². The quantitative estimate of drug-likeness (QED) is 0.467. The zero-order valence-electron chi connectivity index (χ0n) is 13.4. The second-order valence-electron chi connectivity index (χ2n) is 5.51. The van der Waals surface area contributed by atoms with Crippen LogP contribution in [-0.2, 0) is 4.79 Å². The molecule has 4 N–H and O–H groups in total. The van der Waals surface area contributed by atoms with Gasteiger partial charge in [0.2, 0.25) is 5.91 Å². The van der Waals surface area contributed by atoms with Crippen LogP contribution in [0.25, 0.3) is 11.0 Å². The van der Waals surface area contributed by atoms with Crippen LogP contribution in [-0.4, -0.2) is 51.5 Å². The summed E-state index contributed by atoms with van der Waals surface area (Å²) in [6.07, 6.45) is -0.841. The van der Waals surface area contributed by atoms with Crippen molar-refractivity contribution in [1.82, 2.24) is 25.6 Å². The topological polar surface area (TPSA) is 130 Å². The van der Waals surface area contributed by atoms with E-state index in [4.69, 9.17) is 5.21 Å². The molecule has 122 valence electrons. The lowest BCUT2D eigenvalue weighted by molar-refractivity contribution is -0.121. The first-order valence-electron chi connectivity index (χ1n) is 6.98. The average Bonchev–Trinajstić information content (AvgIpc) is 2.86. The maximum atomic E-state index is 12.4. The minimum atomic E-state index is -1.12. The lowest BCUT2D eigenvalue weighted by Crippen LogP contribution is -2.49. The van der Waals surface area contributed by atoms with E-state index in [1.54, 1.807) is 14.1 Å². The van der Waals surface area contributed by atoms with Crippen molar-refractivity contribution < 1.29 is 10.0 Å². The summed E-state index contributed by atoms with van der Waals surface area (Å²) in [7, 11) is 3.29. The molecule has 1 amide bonds. The van der Waals surface area contributed by atoms with E-state index in [0.717, 1.165) is 11.3 Å².